The molecule has 1 rings (SSSR count). The van der Waals surface area contributed by atoms with Gasteiger partial charge in [-0.3, -0.25) is 14.9 Å². The van der Waals surface area contributed by atoms with E-state index in [0.717, 1.165) is 0 Å². The summed E-state index contributed by atoms with van der Waals surface area (Å²) in [7, 11) is 0. The van der Waals surface area contributed by atoms with E-state index in [-0.39, 0.29) is 0 Å². The number of nitrogens with zero attached hydrogens (tertiary/aromatic N) is 2. The van der Waals surface area contributed by atoms with Gasteiger partial charge in [-0.15, -0.1) is 0 Å². The van der Waals surface area contributed by atoms with Crippen LogP contribution in [0.3, 0.4) is 0 Å². The summed E-state index contributed by atoms with van der Waals surface area (Å²) in [5.74, 6) is -2.89. The van der Waals surface area contributed by atoms with Crippen molar-refractivity contribution in [3.05, 3.63) is 33.4 Å². The van der Waals surface area contributed by atoms with E-state index in [1.165, 1.54) is 0 Å². The van der Waals surface area contributed by atoms with Crippen LogP contribution in [0, 0.1) is 16.1 Å². The third kappa shape index (κ3) is 2.07. The molecule has 0 unspecified atom stereocenters. The minimum atomic E-state index is -3.32. The first-order valence-electron chi connectivity index (χ1n) is 3.77. The van der Waals surface area contributed by atoms with Crippen LogP contribution >= 0.6 is 0 Å². The monoisotopic (exact) mass is 235 g/mol. The van der Waals surface area contributed by atoms with Crippen molar-refractivity contribution in [2.75, 3.05) is 0 Å². The van der Waals surface area contributed by atoms with Crippen molar-refractivity contribution >= 4 is 11.6 Å². The van der Waals surface area contributed by atoms with Gasteiger partial charge < -0.3 is 5.73 Å². The number of carbonyl (C=O) groups excluding carboxylic acids is 1. The molecule has 0 atom stereocenters. The lowest BCUT2D eigenvalue weighted by Crippen LogP contribution is -2.16. The molecule has 1 aromatic heterocycles. The highest BCUT2D eigenvalue weighted by Gasteiger charge is 2.27. The maximum atomic E-state index is 12.9. The van der Waals surface area contributed by atoms with Gasteiger partial charge in [0.05, 0.1) is 4.92 Å². The Hall–Kier alpha value is -2.19. The number of nitrogens with two attached hydrogens (primary N) is 1. The van der Waals surface area contributed by atoms with E-state index < -0.39 is 40.1 Å². The van der Waals surface area contributed by atoms with Crippen LogP contribution in [0.25, 0.3) is 0 Å². The molecule has 1 heterocycles. The van der Waals surface area contributed by atoms with Crippen LogP contribution in [0.4, 0.5) is 18.9 Å². The number of hydrogen-bond donors (Lipinski definition) is 1. The van der Waals surface area contributed by atoms with Crippen LogP contribution in [0.1, 0.15) is 22.5 Å². The summed E-state index contributed by atoms with van der Waals surface area (Å²) in [6.45, 7) is 0. The molecule has 1 aromatic rings. The highest BCUT2D eigenvalue weighted by atomic mass is 19.3. The lowest BCUT2D eigenvalue weighted by molar-refractivity contribution is -0.386. The maximum Gasteiger partial charge on any atom is 0.297 e. The van der Waals surface area contributed by atoms with Crippen molar-refractivity contribution in [1.82, 2.24) is 4.98 Å². The third-order valence-electron chi connectivity index (χ3n) is 1.65. The van der Waals surface area contributed by atoms with Gasteiger partial charge in [0.2, 0.25) is 5.95 Å². The van der Waals surface area contributed by atoms with Crippen LogP contribution in [-0.2, 0) is 0 Å². The van der Waals surface area contributed by atoms with Crippen molar-refractivity contribution in [3.8, 4) is 0 Å². The number of hydrogen-bond acceptors (Lipinski definition) is 4. The van der Waals surface area contributed by atoms with E-state index in [0.29, 0.717) is 6.07 Å². The van der Waals surface area contributed by atoms with E-state index in [2.05, 4.69) is 10.7 Å². The summed E-state index contributed by atoms with van der Waals surface area (Å²) in [5, 5.41) is 10.4. The highest BCUT2D eigenvalue weighted by molar-refractivity contribution is 5.93. The van der Waals surface area contributed by atoms with Crippen molar-refractivity contribution < 1.29 is 22.9 Å². The van der Waals surface area contributed by atoms with Gasteiger partial charge in [-0.2, -0.15) is 4.39 Å². The highest BCUT2D eigenvalue weighted by Crippen LogP contribution is 2.28. The van der Waals surface area contributed by atoms with Crippen molar-refractivity contribution in [2.24, 2.45) is 5.73 Å². The van der Waals surface area contributed by atoms with Crippen LogP contribution in [0.5, 0.6) is 0 Å². The Bertz CT molecular complexity index is 464. The molecule has 0 aliphatic rings. The maximum absolute atomic E-state index is 12.9. The quantitative estimate of drug-likeness (QED) is 0.482. The van der Waals surface area contributed by atoms with Gasteiger partial charge in [0.25, 0.3) is 18.0 Å². The number of rotatable bonds is 3. The van der Waals surface area contributed by atoms with Crippen LogP contribution in [0.15, 0.2) is 6.07 Å². The molecule has 0 fully saturated rings. The molecular weight excluding hydrogens is 231 g/mol. The predicted octanol–water partition coefficient (Wildman–Crippen LogP) is 1.17. The molecule has 0 saturated heterocycles. The van der Waals surface area contributed by atoms with E-state index in [4.69, 9.17) is 0 Å². The molecule has 2 N–H and O–H groups in total. The van der Waals surface area contributed by atoms with E-state index in [9.17, 15) is 28.1 Å². The molecule has 0 spiro atoms. The second-order valence-corrected chi connectivity index (χ2v) is 2.65. The van der Waals surface area contributed by atoms with Gasteiger partial charge in [0, 0.05) is 6.07 Å². The number of halogens is 3. The minimum absolute atomic E-state index is 0.339. The second-order valence-electron chi connectivity index (χ2n) is 2.65. The molecule has 86 valence electrons. The largest absolute Gasteiger partial charge is 0.365 e. The number of amides is 1. The number of alkyl halides is 2. The summed E-state index contributed by atoms with van der Waals surface area (Å²) < 4.78 is 37.4. The Balaban J connectivity index is 3.49. The lowest BCUT2D eigenvalue weighted by atomic mass is 10.2. The molecule has 0 aromatic carbocycles. The first-order valence-corrected chi connectivity index (χ1v) is 3.77. The first-order chi connectivity index (χ1) is 7.34. The molecule has 0 saturated carbocycles. The number of carbonyl (C=O) groups is 1. The topological polar surface area (TPSA) is 99.1 Å². The van der Waals surface area contributed by atoms with Gasteiger partial charge in [-0.05, 0) is 0 Å². The Labute approximate surface area is 86.0 Å². The van der Waals surface area contributed by atoms with Gasteiger partial charge in [-0.1, -0.05) is 0 Å². The fourth-order valence-corrected chi connectivity index (χ4v) is 0.973. The average Bonchev–Trinajstić information content (AvgIpc) is 2.15. The molecule has 1 amide bonds. The second kappa shape index (κ2) is 4.13. The van der Waals surface area contributed by atoms with E-state index in [1.54, 1.807) is 0 Å². The first kappa shape index (κ1) is 11.9. The summed E-state index contributed by atoms with van der Waals surface area (Å²) >= 11 is 0. The molecule has 16 heavy (non-hydrogen) atoms. The summed E-state index contributed by atoms with van der Waals surface area (Å²) in [5.41, 5.74) is 1.29. The number of aromatic nitrogens is 1. The summed E-state index contributed by atoms with van der Waals surface area (Å²) in [6.07, 6.45) is -3.32. The lowest BCUT2D eigenvalue weighted by Gasteiger charge is -2.03. The normalized spacial score (nSPS) is 10.5. The fourth-order valence-electron chi connectivity index (χ4n) is 0.973. The molecule has 0 bridgehead atoms. The number of pyridine rings is 1. The van der Waals surface area contributed by atoms with Crippen molar-refractivity contribution in [2.45, 2.75) is 6.43 Å². The van der Waals surface area contributed by atoms with E-state index >= 15 is 0 Å². The minimum Gasteiger partial charge on any atom is -0.365 e. The number of nitro groups is 1. The van der Waals surface area contributed by atoms with Gasteiger partial charge in [0.15, 0.2) is 5.69 Å². The molecule has 9 heteroatoms. The Morgan fingerprint density at radius 2 is 2.12 bits per heavy atom. The predicted molar refractivity (Wildman–Crippen MR) is 44.3 cm³/mol. The van der Waals surface area contributed by atoms with Gasteiger partial charge in [-0.25, -0.2) is 13.8 Å². The Morgan fingerprint density at radius 1 is 1.56 bits per heavy atom. The average molecular weight is 235 g/mol. The van der Waals surface area contributed by atoms with Crippen molar-refractivity contribution in [3.63, 3.8) is 0 Å². The SMILES string of the molecule is NC(=O)c1cc([N+](=O)[O-])c(C(F)F)nc1F. The standard InChI is InChI=1S/C7H4F3N3O3/c8-5(9)4-3(13(15)16)1-2(7(11)14)6(10)12-4/h1,5H,(H2,11,14). The van der Waals surface area contributed by atoms with Gasteiger partial charge in [0.1, 0.15) is 5.56 Å². The Kier molecular flexibility index (Phi) is 3.06. The van der Waals surface area contributed by atoms with Crippen molar-refractivity contribution in [1.29, 1.82) is 0 Å². The molecule has 0 aliphatic carbocycles. The summed E-state index contributed by atoms with van der Waals surface area (Å²) in [4.78, 5) is 22.4. The molecule has 0 aliphatic heterocycles. The van der Waals surface area contributed by atoms with Crippen LogP contribution in [-0.4, -0.2) is 15.8 Å². The van der Waals surface area contributed by atoms with E-state index in [1.807, 2.05) is 0 Å². The van der Waals surface area contributed by atoms with Crippen LogP contribution in [0.2, 0.25) is 0 Å². The zero-order valence-electron chi connectivity index (χ0n) is 7.49. The van der Waals surface area contributed by atoms with Crippen LogP contribution < -0.4 is 5.73 Å². The zero-order chi connectivity index (χ0) is 12.5. The smallest absolute Gasteiger partial charge is 0.297 e. The third-order valence-corrected chi connectivity index (χ3v) is 1.65. The van der Waals surface area contributed by atoms with Gasteiger partial charge >= 0.3 is 0 Å². The Morgan fingerprint density at radius 3 is 2.50 bits per heavy atom. The molecule has 0 radical (unpaired) electrons. The molecular formula is C7H4F3N3O3. The number of primary amides is 1. The molecule has 6 nitrogen and oxygen atoms in total. The summed E-state index contributed by atoms with van der Waals surface area (Å²) in [6, 6.07) is 0.339. The fraction of sp³-hybridized carbons (Fsp3) is 0.143. The zero-order valence-corrected chi connectivity index (χ0v) is 7.49.